The van der Waals surface area contributed by atoms with Crippen molar-refractivity contribution in [2.24, 2.45) is 5.73 Å². The molecule has 0 spiro atoms. The van der Waals surface area contributed by atoms with Gasteiger partial charge in [-0.05, 0) is 18.6 Å². The molecule has 1 aromatic rings. The first kappa shape index (κ1) is 19.5. The lowest BCUT2D eigenvalue weighted by Gasteiger charge is -2.14. The molecule has 0 saturated carbocycles. The number of carbonyl (C=O) groups is 1. The minimum atomic E-state index is -3.10. The average molecular weight is 327 g/mol. The minimum absolute atomic E-state index is 0. The van der Waals surface area contributed by atoms with Gasteiger partial charge in [0.1, 0.15) is 0 Å². The fraction of sp³-hybridized carbons (Fsp3) is 0.462. The van der Waals surface area contributed by atoms with Crippen LogP contribution in [0.25, 0.3) is 0 Å². The highest BCUT2D eigenvalue weighted by atomic mass is 35.5. The summed E-state index contributed by atoms with van der Waals surface area (Å²) in [7, 11) is 0. The van der Waals surface area contributed by atoms with Gasteiger partial charge in [0.2, 0.25) is 5.91 Å². The molecule has 0 saturated heterocycles. The Kier molecular flexibility index (Phi) is 8.80. The van der Waals surface area contributed by atoms with Gasteiger partial charge in [0.05, 0.1) is 19.7 Å². The van der Waals surface area contributed by atoms with Crippen molar-refractivity contribution in [1.82, 2.24) is 5.32 Å². The number of hydrogen-bond donors (Lipinski definition) is 2. The van der Waals surface area contributed by atoms with Gasteiger partial charge >= 0.3 is 0 Å². The van der Waals surface area contributed by atoms with Gasteiger partial charge in [-0.2, -0.15) is 0 Å². The number of para-hydroxylation sites is 1. The maximum Gasteiger partial charge on any atom is 0.277 e. The van der Waals surface area contributed by atoms with Gasteiger partial charge in [0.15, 0.2) is 11.6 Å². The van der Waals surface area contributed by atoms with Crippen LogP contribution in [0.5, 0.6) is 5.75 Å². The Hall–Kier alpha value is -1.47. The Balaban J connectivity index is 0.00000400. The molecule has 0 aliphatic heterocycles. The number of nitrogens with one attached hydrogen (secondary N) is 1. The zero-order chi connectivity index (χ0) is 15.0. The molecule has 0 radical (unpaired) electrons. The third-order valence-corrected chi connectivity index (χ3v) is 2.49. The summed E-state index contributed by atoms with van der Waals surface area (Å²) in [6.45, 7) is -1.47. The normalized spacial score (nSPS) is 10.7. The molecule has 0 aliphatic rings. The summed E-state index contributed by atoms with van der Waals surface area (Å²) in [4.78, 5) is 11.3. The van der Waals surface area contributed by atoms with Crippen molar-refractivity contribution in [1.29, 1.82) is 0 Å². The van der Waals surface area contributed by atoms with Crippen molar-refractivity contribution in [3.63, 3.8) is 0 Å². The van der Waals surface area contributed by atoms with Crippen LogP contribution < -0.4 is 15.8 Å². The fourth-order valence-corrected chi connectivity index (χ4v) is 1.37. The highest BCUT2D eigenvalue weighted by molar-refractivity contribution is 5.85. The molecule has 21 heavy (non-hydrogen) atoms. The Labute approximate surface area is 127 Å². The fourth-order valence-electron chi connectivity index (χ4n) is 1.37. The van der Waals surface area contributed by atoms with Crippen LogP contribution in [-0.4, -0.2) is 31.5 Å². The first-order valence-corrected chi connectivity index (χ1v) is 6.16. The average Bonchev–Trinajstić information content (AvgIpc) is 2.43. The van der Waals surface area contributed by atoms with E-state index in [1.54, 1.807) is 6.07 Å². The van der Waals surface area contributed by atoms with Crippen molar-refractivity contribution in [3.05, 3.63) is 30.1 Å². The van der Waals surface area contributed by atoms with E-state index in [1.807, 2.05) is 0 Å². The summed E-state index contributed by atoms with van der Waals surface area (Å²) in [5.74, 6) is -4.00. The second-order valence-corrected chi connectivity index (χ2v) is 4.22. The molecular weight excluding hydrogens is 309 g/mol. The van der Waals surface area contributed by atoms with Crippen LogP contribution in [0, 0.1) is 5.82 Å². The Morgan fingerprint density at radius 2 is 2.00 bits per heavy atom. The molecule has 4 nitrogen and oxygen atoms in total. The molecule has 1 amide bonds. The van der Waals surface area contributed by atoms with Crippen LogP contribution in [0.15, 0.2) is 24.3 Å². The van der Waals surface area contributed by atoms with E-state index in [-0.39, 0.29) is 31.2 Å². The summed E-state index contributed by atoms with van der Waals surface area (Å²) in [5.41, 5.74) is 4.84. The van der Waals surface area contributed by atoms with Crippen LogP contribution in [0.3, 0.4) is 0 Å². The van der Waals surface area contributed by atoms with Crippen molar-refractivity contribution >= 4 is 18.3 Å². The number of hydrogen-bond acceptors (Lipinski definition) is 3. The van der Waals surface area contributed by atoms with Gasteiger partial charge < -0.3 is 15.8 Å². The number of halogens is 4. The molecule has 0 unspecified atom stereocenters. The van der Waals surface area contributed by atoms with Crippen molar-refractivity contribution in [3.8, 4) is 5.75 Å². The van der Waals surface area contributed by atoms with Gasteiger partial charge in [0.25, 0.3) is 5.92 Å². The second-order valence-electron chi connectivity index (χ2n) is 4.22. The lowest BCUT2D eigenvalue weighted by molar-refractivity contribution is -0.123. The quantitative estimate of drug-likeness (QED) is 0.719. The molecular formula is C13H18ClF3N2O2. The molecule has 0 aromatic heterocycles. The number of carbonyl (C=O) groups excluding carboxylic acids is 1. The van der Waals surface area contributed by atoms with Gasteiger partial charge in [-0.1, -0.05) is 12.1 Å². The molecule has 0 fully saturated rings. The second kappa shape index (κ2) is 9.46. The summed E-state index contributed by atoms with van der Waals surface area (Å²) in [6.07, 6.45) is 0.323. The lowest BCUT2D eigenvalue weighted by atomic mass is 10.3. The molecule has 1 aromatic carbocycles. The molecule has 120 valence electrons. The number of amides is 1. The lowest BCUT2D eigenvalue weighted by Crippen LogP contribution is -2.41. The number of nitrogens with two attached hydrogens (primary N) is 1. The maximum atomic E-state index is 13.2. The van der Waals surface area contributed by atoms with Crippen molar-refractivity contribution in [2.45, 2.75) is 18.8 Å². The number of rotatable bonds is 8. The molecule has 8 heteroatoms. The van der Waals surface area contributed by atoms with Gasteiger partial charge in [-0.15, -0.1) is 12.4 Å². The molecule has 0 bridgehead atoms. The third-order valence-electron chi connectivity index (χ3n) is 2.49. The highest BCUT2D eigenvalue weighted by Crippen LogP contribution is 2.15. The largest absolute Gasteiger partial charge is 0.491 e. The van der Waals surface area contributed by atoms with Crippen molar-refractivity contribution < 1.29 is 22.7 Å². The first-order chi connectivity index (χ1) is 9.44. The first-order valence-electron chi connectivity index (χ1n) is 6.16. The summed E-state index contributed by atoms with van der Waals surface area (Å²) in [5, 5.41) is 2.09. The monoisotopic (exact) mass is 326 g/mol. The van der Waals surface area contributed by atoms with E-state index in [4.69, 9.17) is 10.5 Å². The van der Waals surface area contributed by atoms with Crippen LogP contribution in [0.1, 0.15) is 12.8 Å². The molecule has 0 heterocycles. The number of benzene rings is 1. The van der Waals surface area contributed by atoms with E-state index in [0.29, 0.717) is 6.42 Å². The zero-order valence-corrected chi connectivity index (χ0v) is 12.1. The molecule has 3 N–H and O–H groups in total. The third kappa shape index (κ3) is 7.77. The van der Waals surface area contributed by atoms with Crippen LogP contribution >= 0.6 is 12.4 Å². The number of ether oxygens (including phenoxy) is 1. The summed E-state index contributed by atoms with van der Waals surface area (Å²) >= 11 is 0. The summed E-state index contributed by atoms with van der Waals surface area (Å²) in [6, 6.07) is 5.89. The molecule has 0 atom stereocenters. The van der Waals surface area contributed by atoms with E-state index in [0.717, 1.165) is 0 Å². The molecule has 0 aliphatic carbocycles. The van der Waals surface area contributed by atoms with Crippen LogP contribution in [0.4, 0.5) is 13.2 Å². The smallest absolute Gasteiger partial charge is 0.277 e. The minimum Gasteiger partial charge on any atom is -0.491 e. The predicted octanol–water partition coefficient (Wildman–Crippen LogP) is 2.12. The highest BCUT2D eigenvalue weighted by Gasteiger charge is 2.26. The van der Waals surface area contributed by atoms with Gasteiger partial charge in [-0.3, -0.25) is 4.79 Å². The van der Waals surface area contributed by atoms with E-state index < -0.39 is 30.7 Å². The van der Waals surface area contributed by atoms with E-state index in [9.17, 15) is 18.0 Å². The predicted molar refractivity (Wildman–Crippen MR) is 75.4 cm³/mol. The van der Waals surface area contributed by atoms with E-state index in [2.05, 4.69) is 5.32 Å². The van der Waals surface area contributed by atoms with Crippen LogP contribution in [0.2, 0.25) is 0 Å². The van der Waals surface area contributed by atoms with Crippen molar-refractivity contribution in [2.75, 3.05) is 19.7 Å². The zero-order valence-electron chi connectivity index (χ0n) is 11.3. The van der Waals surface area contributed by atoms with Gasteiger partial charge in [-0.25, -0.2) is 13.2 Å². The SMILES string of the molecule is Cl.NCC(F)(F)CNC(=O)CCCOc1ccccc1F. The Morgan fingerprint density at radius 1 is 1.33 bits per heavy atom. The standard InChI is InChI=1S/C13H17F3N2O2.ClH/c14-10-4-1-2-5-11(10)20-7-3-6-12(19)18-9-13(15,16)8-17;/h1-2,4-5H,3,6-9,17H2,(H,18,19);1H. The van der Waals surface area contributed by atoms with Crippen LogP contribution in [-0.2, 0) is 4.79 Å². The topological polar surface area (TPSA) is 64.3 Å². The van der Waals surface area contributed by atoms with Gasteiger partial charge in [0, 0.05) is 6.42 Å². The Bertz CT molecular complexity index is 447. The maximum absolute atomic E-state index is 13.2. The number of alkyl halides is 2. The summed E-state index contributed by atoms with van der Waals surface area (Å²) < 4.78 is 43.8. The Morgan fingerprint density at radius 3 is 2.62 bits per heavy atom. The van der Waals surface area contributed by atoms with E-state index >= 15 is 0 Å². The van der Waals surface area contributed by atoms with E-state index in [1.165, 1.54) is 18.2 Å². The molecule has 1 rings (SSSR count).